The summed E-state index contributed by atoms with van der Waals surface area (Å²) in [6, 6.07) is 22.5. The lowest BCUT2D eigenvalue weighted by Gasteiger charge is -2.26. The minimum atomic E-state index is -3.90. The van der Waals surface area contributed by atoms with Crippen LogP contribution in [0.25, 0.3) is 11.1 Å². The van der Waals surface area contributed by atoms with Gasteiger partial charge in [-0.25, -0.2) is 13.2 Å². The summed E-state index contributed by atoms with van der Waals surface area (Å²) in [5, 5.41) is 2.59. The van der Waals surface area contributed by atoms with E-state index in [1.54, 1.807) is 12.1 Å². The highest BCUT2D eigenvalue weighted by Crippen LogP contribution is 2.23. The number of esters is 1. The van der Waals surface area contributed by atoms with Crippen molar-refractivity contribution < 1.29 is 22.7 Å². The number of sulfonamides is 1. The van der Waals surface area contributed by atoms with Gasteiger partial charge in [0.1, 0.15) is 5.75 Å². The first-order chi connectivity index (χ1) is 14.9. The van der Waals surface area contributed by atoms with Crippen molar-refractivity contribution in [2.75, 3.05) is 19.6 Å². The SMILES string of the molecule is O=C1CN(S(=O)(=O)c2cccc(C(=O)Oc3ccc(-c4ccccc4)cc3)c2)CCN1. The Morgan fingerprint density at radius 1 is 0.903 bits per heavy atom. The van der Waals surface area contributed by atoms with Gasteiger partial charge < -0.3 is 10.1 Å². The van der Waals surface area contributed by atoms with Crippen molar-refractivity contribution in [3.63, 3.8) is 0 Å². The highest BCUT2D eigenvalue weighted by Gasteiger charge is 2.29. The molecule has 0 aliphatic carbocycles. The van der Waals surface area contributed by atoms with Crippen LogP contribution in [0, 0.1) is 0 Å². The minimum Gasteiger partial charge on any atom is -0.423 e. The van der Waals surface area contributed by atoms with Crippen LogP contribution in [0.1, 0.15) is 10.4 Å². The second kappa shape index (κ2) is 8.71. The molecule has 1 amide bonds. The van der Waals surface area contributed by atoms with Crippen LogP contribution in [0.4, 0.5) is 0 Å². The van der Waals surface area contributed by atoms with Crippen LogP contribution in [0.3, 0.4) is 0 Å². The molecule has 0 spiro atoms. The lowest BCUT2D eigenvalue weighted by molar-refractivity contribution is -0.122. The fraction of sp³-hybridized carbons (Fsp3) is 0.130. The summed E-state index contributed by atoms with van der Waals surface area (Å²) >= 11 is 0. The monoisotopic (exact) mass is 436 g/mol. The number of carbonyl (C=O) groups excluding carboxylic acids is 2. The third-order valence-corrected chi connectivity index (χ3v) is 6.72. The van der Waals surface area contributed by atoms with Gasteiger partial charge in [-0.1, -0.05) is 48.5 Å². The number of benzene rings is 3. The van der Waals surface area contributed by atoms with Crippen LogP contribution in [0.2, 0.25) is 0 Å². The van der Waals surface area contributed by atoms with E-state index in [4.69, 9.17) is 4.74 Å². The quantitative estimate of drug-likeness (QED) is 0.490. The molecule has 1 aliphatic heterocycles. The van der Waals surface area contributed by atoms with E-state index >= 15 is 0 Å². The molecular formula is C23H20N2O5S. The number of rotatable bonds is 5. The van der Waals surface area contributed by atoms with Crippen LogP contribution in [-0.4, -0.2) is 44.2 Å². The molecule has 1 saturated heterocycles. The summed E-state index contributed by atoms with van der Waals surface area (Å²) in [4.78, 5) is 24.1. The molecule has 1 heterocycles. The molecule has 158 valence electrons. The Hall–Kier alpha value is -3.49. The molecule has 1 aliphatic rings. The van der Waals surface area contributed by atoms with E-state index in [1.807, 2.05) is 42.5 Å². The number of carbonyl (C=O) groups is 2. The van der Waals surface area contributed by atoms with Crippen molar-refractivity contribution in [1.82, 2.24) is 9.62 Å². The molecule has 0 atom stereocenters. The normalized spacial score (nSPS) is 14.6. The zero-order chi connectivity index (χ0) is 21.8. The van der Waals surface area contributed by atoms with Gasteiger partial charge in [0, 0.05) is 13.1 Å². The van der Waals surface area contributed by atoms with Gasteiger partial charge in [-0.05, 0) is 41.5 Å². The Morgan fingerprint density at radius 2 is 1.61 bits per heavy atom. The topological polar surface area (TPSA) is 92.8 Å². The molecule has 0 unspecified atom stereocenters. The Balaban J connectivity index is 1.50. The first-order valence-corrected chi connectivity index (χ1v) is 11.1. The van der Waals surface area contributed by atoms with Crippen molar-refractivity contribution >= 4 is 21.9 Å². The van der Waals surface area contributed by atoms with Crippen molar-refractivity contribution in [3.05, 3.63) is 84.4 Å². The molecule has 3 aromatic carbocycles. The molecule has 1 N–H and O–H groups in total. The fourth-order valence-electron chi connectivity index (χ4n) is 3.26. The van der Waals surface area contributed by atoms with Crippen molar-refractivity contribution in [2.24, 2.45) is 0 Å². The maximum Gasteiger partial charge on any atom is 0.343 e. The molecule has 3 aromatic rings. The van der Waals surface area contributed by atoms with E-state index in [9.17, 15) is 18.0 Å². The third-order valence-electron chi connectivity index (χ3n) is 4.88. The van der Waals surface area contributed by atoms with Crippen LogP contribution in [-0.2, 0) is 14.8 Å². The van der Waals surface area contributed by atoms with Gasteiger partial charge in [-0.2, -0.15) is 4.31 Å². The number of ether oxygens (including phenoxy) is 1. The van der Waals surface area contributed by atoms with Crippen LogP contribution in [0.15, 0.2) is 83.8 Å². The van der Waals surface area contributed by atoms with Gasteiger partial charge in [-0.15, -0.1) is 0 Å². The summed E-state index contributed by atoms with van der Waals surface area (Å²) < 4.78 is 32.2. The van der Waals surface area contributed by atoms with Gasteiger partial charge in [0.25, 0.3) is 0 Å². The largest absolute Gasteiger partial charge is 0.423 e. The second-order valence-electron chi connectivity index (χ2n) is 7.00. The summed E-state index contributed by atoms with van der Waals surface area (Å²) in [6.07, 6.45) is 0. The summed E-state index contributed by atoms with van der Waals surface area (Å²) in [5.41, 5.74) is 2.14. The number of amides is 1. The molecule has 8 heteroatoms. The summed E-state index contributed by atoms with van der Waals surface area (Å²) in [5.74, 6) is -0.670. The molecule has 4 rings (SSSR count). The van der Waals surface area contributed by atoms with Gasteiger partial charge in [0.15, 0.2) is 0 Å². The first-order valence-electron chi connectivity index (χ1n) is 9.68. The zero-order valence-electron chi connectivity index (χ0n) is 16.5. The zero-order valence-corrected chi connectivity index (χ0v) is 17.3. The molecule has 0 saturated carbocycles. The van der Waals surface area contributed by atoms with Gasteiger partial charge in [0.2, 0.25) is 15.9 Å². The van der Waals surface area contributed by atoms with E-state index in [0.29, 0.717) is 5.75 Å². The Bertz CT molecular complexity index is 1210. The van der Waals surface area contributed by atoms with E-state index in [-0.39, 0.29) is 36.0 Å². The average Bonchev–Trinajstić information content (AvgIpc) is 2.80. The smallest absolute Gasteiger partial charge is 0.343 e. The fourth-order valence-corrected chi connectivity index (χ4v) is 4.71. The standard InChI is InChI=1S/C23H20N2O5S/c26-22-16-25(14-13-24-22)31(28,29)21-8-4-7-19(15-21)23(27)30-20-11-9-18(10-12-20)17-5-2-1-3-6-17/h1-12,15H,13-14,16H2,(H,24,26). The van der Waals surface area contributed by atoms with E-state index in [0.717, 1.165) is 15.4 Å². The number of nitrogens with one attached hydrogen (secondary N) is 1. The molecular weight excluding hydrogens is 416 g/mol. The predicted molar refractivity (Wildman–Crippen MR) is 115 cm³/mol. The number of piperazine rings is 1. The molecule has 1 fully saturated rings. The van der Waals surface area contributed by atoms with E-state index in [2.05, 4.69) is 5.32 Å². The Kier molecular flexibility index (Phi) is 5.83. The molecule has 0 radical (unpaired) electrons. The van der Waals surface area contributed by atoms with Crippen LogP contribution in [0.5, 0.6) is 5.75 Å². The molecule has 31 heavy (non-hydrogen) atoms. The van der Waals surface area contributed by atoms with Crippen LogP contribution >= 0.6 is 0 Å². The van der Waals surface area contributed by atoms with Crippen LogP contribution < -0.4 is 10.1 Å². The maximum absolute atomic E-state index is 12.8. The van der Waals surface area contributed by atoms with Crippen molar-refractivity contribution in [3.8, 4) is 16.9 Å². The Labute approximate surface area is 180 Å². The molecule has 0 aromatic heterocycles. The first kappa shape index (κ1) is 20.8. The van der Waals surface area contributed by atoms with Gasteiger partial charge in [-0.3, -0.25) is 4.79 Å². The van der Waals surface area contributed by atoms with Gasteiger partial charge in [0.05, 0.1) is 17.0 Å². The maximum atomic E-state index is 12.8. The number of hydrogen-bond donors (Lipinski definition) is 1. The van der Waals surface area contributed by atoms with Crippen molar-refractivity contribution in [2.45, 2.75) is 4.90 Å². The van der Waals surface area contributed by atoms with E-state index < -0.39 is 16.0 Å². The highest BCUT2D eigenvalue weighted by molar-refractivity contribution is 7.89. The number of nitrogens with zero attached hydrogens (tertiary/aromatic N) is 1. The average molecular weight is 436 g/mol. The lowest BCUT2D eigenvalue weighted by Crippen LogP contribution is -2.49. The van der Waals surface area contributed by atoms with Crippen molar-refractivity contribution in [1.29, 1.82) is 0 Å². The predicted octanol–water partition coefficient (Wildman–Crippen LogP) is 2.69. The lowest BCUT2D eigenvalue weighted by atomic mass is 10.1. The minimum absolute atomic E-state index is 0.0592. The second-order valence-corrected chi connectivity index (χ2v) is 8.93. The summed E-state index contributed by atoms with van der Waals surface area (Å²) in [6.45, 7) is 0.181. The van der Waals surface area contributed by atoms with Gasteiger partial charge >= 0.3 is 5.97 Å². The van der Waals surface area contributed by atoms with E-state index in [1.165, 1.54) is 24.3 Å². The molecule has 0 bridgehead atoms. The molecule has 7 nitrogen and oxygen atoms in total. The highest BCUT2D eigenvalue weighted by atomic mass is 32.2. The Morgan fingerprint density at radius 3 is 2.32 bits per heavy atom. The summed E-state index contributed by atoms with van der Waals surface area (Å²) in [7, 11) is -3.90. The number of hydrogen-bond acceptors (Lipinski definition) is 5. The third kappa shape index (κ3) is 4.65.